The second-order valence-corrected chi connectivity index (χ2v) is 8.05. The maximum Gasteiger partial charge on any atom is 0.242 e. The number of sulfonamides is 1. The van der Waals surface area contributed by atoms with Crippen molar-refractivity contribution in [1.82, 2.24) is 4.72 Å². The zero-order valence-electron chi connectivity index (χ0n) is 11.1. The van der Waals surface area contributed by atoms with E-state index in [4.69, 9.17) is 16.3 Å². The Morgan fingerprint density at radius 2 is 2.00 bits per heavy atom. The number of ether oxygens (including phenoxy) is 1. The van der Waals surface area contributed by atoms with E-state index in [9.17, 15) is 8.42 Å². The molecule has 20 heavy (non-hydrogen) atoms. The Morgan fingerprint density at radius 1 is 1.35 bits per heavy atom. The Kier molecular flexibility index (Phi) is 7.45. The molecule has 0 saturated carbocycles. The van der Waals surface area contributed by atoms with Crippen molar-refractivity contribution in [2.45, 2.75) is 24.3 Å². The van der Waals surface area contributed by atoms with E-state index in [1.165, 1.54) is 7.11 Å². The topological polar surface area (TPSA) is 55.4 Å². The molecule has 0 fully saturated rings. The third-order valence-electron chi connectivity index (χ3n) is 2.65. The number of aryl methyl sites for hydroxylation is 1. The molecule has 0 amide bonds. The normalized spacial score (nSPS) is 13.4. The van der Waals surface area contributed by atoms with Gasteiger partial charge in [-0.3, -0.25) is 0 Å². The van der Waals surface area contributed by atoms with Crippen molar-refractivity contribution in [3.05, 3.63) is 26.6 Å². The van der Waals surface area contributed by atoms with Crippen LogP contribution in [0.1, 0.15) is 12.0 Å². The van der Waals surface area contributed by atoms with Gasteiger partial charge in [0.05, 0.1) is 11.5 Å². The summed E-state index contributed by atoms with van der Waals surface area (Å²) in [4.78, 5) is 0.186. The van der Waals surface area contributed by atoms with Gasteiger partial charge >= 0.3 is 0 Å². The van der Waals surface area contributed by atoms with Crippen molar-refractivity contribution in [2.75, 3.05) is 19.6 Å². The maximum absolute atomic E-state index is 12.4. The first-order valence-corrected chi connectivity index (χ1v) is 9.45. The van der Waals surface area contributed by atoms with Gasteiger partial charge in [-0.05, 0) is 47.0 Å². The molecule has 0 aliphatic rings. The van der Waals surface area contributed by atoms with Crippen LogP contribution in [0.4, 0.5) is 0 Å². The number of benzene rings is 1. The summed E-state index contributed by atoms with van der Waals surface area (Å²) in [5.41, 5.74) is 0.949. The lowest BCUT2D eigenvalue weighted by molar-refractivity contribution is 0.173. The lowest BCUT2D eigenvalue weighted by Gasteiger charge is -2.18. The van der Waals surface area contributed by atoms with Gasteiger partial charge in [0.1, 0.15) is 0 Å². The number of alkyl halides is 1. The molecule has 1 rings (SSSR count). The number of nitrogens with one attached hydrogen (secondary N) is 1. The summed E-state index contributed by atoms with van der Waals surface area (Å²) in [7, 11) is -2.12. The molecular weight excluding hydrogens is 433 g/mol. The molecule has 1 unspecified atom stereocenters. The monoisotopic (exact) mass is 447 g/mol. The molecule has 1 atom stereocenters. The molecule has 0 aliphatic carbocycles. The molecule has 0 aromatic heterocycles. The van der Waals surface area contributed by atoms with Crippen LogP contribution in [0.2, 0.25) is 0 Å². The summed E-state index contributed by atoms with van der Waals surface area (Å²) in [6, 6.07) is 2.98. The first-order chi connectivity index (χ1) is 9.31. The first kappa shape index (κ1) is 18.4. The molecular formula is C12H16Br2ClNO3S. The summed E-state index contributed by atoms with van der Waals surface area (Å²) in [6.07, 6.45) is 0.499. The zero-order chi connectivity index (χ0) is 15.3. The minimum atomic E-state index is -3.64. The van der Waals surface area contributed by atoms with Crippen LogP contribution in [-0.2, 0) is 14.8 Å². The van der Waals surface area contributed by atoms with Gasteiger partial charge < -0.3 is 4.74 Å². The Hall–Kier alpha value is 0.340. The highest BCUT2D eigenvalue weighted by atomic mass is 79.9. The number of hydrogen-bond acceptors (Lipinski definition) is 3. The highest BCUT2D eigenvalue weighted by Crippen LogP contribution is 2.29. The van der Waals surface area contributed by atoms with Gasteiger partial charge in [-0.25, -0.2) is 13.1 Å². The second-order valence-electron chi connectivity index (χ2n) is 4.28. The van der Waals surface area contributed by atoms with E-state index in [2.05, 4.69) is 36.6 Å². The van der Waals surface area contributed by atoms with Crippen LogP contribution in [0, 0.1) is 6.92 Å². The fraction of sp³-hybridized carbons (Fsp3) is 0.500. The molecule has 0 saturated heterocycles. The Morgan fingerprint density at radius 3 is 2.55 bits per heavy atom. The smallest absolute Gasteiger partial charge is 0.242 e. The first-order valence-electron chi connectivity index (χ1n) is 5.84. The number of methoxy groups -OCH3 is 1. The van der Waals surface area contributed by atoms with Crippen molar-refractivity contribution in [3.8, 4) is 0 Å². The van der Waals surface area contributed by atoms with Crippen LogP contribution in [0.25, 0.3) is 0 Å². The standard InChI is InChI=1S/C12H16Br2ClNO3S/c1-8-5-11(14)12(6-10(8)13)20(17,18)16-9(3-4-15)7-19-2/h5-6,9,16H,3-4,7H2,1-2H3. The van der Waals surface area contributed by atoms with Crippen LogP contribution >= 0.6 is 43.5 Å². The lowest BCUT2D eigenvalue weighted by Crippen LogP contribution is -2.38. The highest BCUT2D eigenvalue weighted by Gasteiger charge is 2.23. The van der Waals surface area contributed by atoms with Crippen LogP contribution in [0.3, 0.4) is 0 Å². The third kappa shape index (κ3) is 4.96. The van der Waals surface area contributed by atoms with Crippen molar-refractivity contribution in [2.24, 2.45) is 0 Å². The van der Waals surface area contributed by atoms with Gasteiger partial charge in [-0.15, -0.1) is 11.6 Å². The molecule has 8 heteroatoms. The van der Waals surface area contributed by atoms with Crippen LogP contribution in [0.15, 0.2) is 26.0 Å². The number of halogens is 3. The summed E-state index contributed by atoms with van der Waals surface area (Å²) in [5, 5.41) is 0. The molecule has 0 aliphatic heterocycles. The molecule has 0 spiro atoms. The van der Waals surface area contributed by atoms with E-state index in [0.717, 1.165) is 10.0 Å². The van der Waals surface area contributed by atoms with Crippen molar-refractivity contribution in [3.63, 3.8) is 0 Å². The molecule has 0 heterocycles. The Bertz CT molecular complexity index is 560. The van der Waals surface area contributed by atoms with E-state index in [1.54, 1.807) is 12.1 Å². The average Bonchev–Trinajstić information content (AvgIpc) is 2.33. The SMILES string of the molecule is COCC(CCCl)NS(=O)(=O)c1cc(Br)c(C)cc1Br. The van der Waals surface area contributed by atoms with Gasteiger partial charge in [0, 0.05) is 28.0 Å². The van der Waals surface area contributed by atoms with E-state index >= 15 is 0 Å². The van der Waals surface area contributed by atoms with Crippen LogP contribution in [0.5, 0.6) is 0 Å². The average molecular weight is 450 g/mol. The Labute approximate surface area is 141 Å². The van der Waals surface area contributed by atoms with Gasteiger partial charge in [-0.1, -0.05) is 15.9 Å². The molecule has 0 radical (unpaired) electrons. The fourth-order valence-corrected chi connectivity index (χ4v) is 4.82. The minimum absolute atomic E-state index is 0.186. The van der Waals surface area contributed by atoms with Crippen molar-refractivity contribution < 1.29 is 13.2 Å². The summed E-state index contributed by atoms with van der Waals surface area (Å²) >= 11 is 12.3. The summed E-state index contributed by atoms with van der Waals surface area (Å²) in [5.74, 6) is 0.356. The van der Waals surface area contributed by atoms with Crippen LogP contribution in [-0.4, -0.2) is 34.1 Å². The van der Waals surface area contributed by atoms with E-state index in [0.29, 0.717) is 16.8 Å². The molecule has 1 aromatic rings. The van der Waals surface area contributed by atoms with Crippen molar-refractivity contribution >= 4 is 53.5 Å². The lowest BCUT2D eigenvalue weighted by atomic mass is 10.2. The van der Waals surface area contributed by atoms with E-state index in [1.807, 2.05) is 6.92 Å². The van der Waals surface area contributed by atoms with Crippen LogP contribution < -0.4 is 4.72 Å². The Balaban J connectivity index is 3.07. The molecule has 4 nitrogen and oxygen atoms in total. The third-order valence-corrected chi connectivity index (χ3v) is 6.20. The molecule has 114 valence electrons. The summed E-state index contributed by atoms with van der Waals surface area (Å²) in [6.45, 7) is 2.16. The predicted molar refractivity (Wildman–Crippen MR) is 87.9 cm³/mol. The van der Waals surface area contributed by atoms with E-state index < -0.39 is 10.0 Å². The maximum atomic E-state index is 12.4. The van der Waals surface area contributed by atoms with Gasteiger partial charge in [0.15, 0.2) is 0 Å². The summed E-state index contributed by atoms with van der Waals surface area (Å²) < 4.78 is 33.7. The largest absolute Gasteiger partial charge is 0.383 e. The molecule has 1 aromatic carbocycles. The van der Waals surface area contributed by atoms with Gasteiger partial charge in [-0.2, -0.15) is 0 Å². The second kappa shape index (κ2) is 8.10. The fourth-order valence-electron chi connectivity index (χ4n) is 1.63. The van der Waals surface area contributed by atoms with E-state index in [-0.39, 0.29) is 17.5 Å². The van der Waals surface area contributed by atoms with Gasteiger partial charge in [0.2, 0.25) is 10.0 Å². The predicted octanol–water partition coefficient (Wildman–Crippen LogP) is 3.44. The zero-order valence-corrected chi connectivity index (χ0v) is 15.9. The van der Waals surface area contributed by atoms with Gasteiger partial charge in [0.25, 0.3) is 0 Å². The molecule has 1 N–H and O–H groups in total. The minimum Gasteiger partial charge on any atom is -0.383 e. The molecule has 0 bridgehead atoms. The quantitative estimate of drug-likeness (QED) is 0.649. The number of rotatable bonds is 7. The van der Waals surface area contributed by atoms with Crippen molar-refractivity contribution in [1.29, 1.82) is 0 Å². The number of hydrogen-bond donors (Lipinski definition) is 1. The highest BCUT2D eigenvalue weighted by molar-refractivity contribution is 9.11.